The number of hydrogen-bond donors (Lipinski definition) is 1. The van der Waals surface area contributed by atoms with Crippen LogP contribution in [-0.4, -0.2) is 50.9 Å². The van der Waals surface area contributed by atoms with Gasteiger partial charge in [0.2, 0.25) is 11.8 Å². The zero-order chi connectivity index (χ0) is 17.6. The largest absolute Gasteiger partial charge is 0.295 e. The predicted octanol–water partition coefficient (Wildman–Crippen LogP) is -0.0660. The van der Waals surface area contributed by atoms with Crippen LogP contribution in [0.25, 0.3) is 0 Å². The van der Waals surface area contributed by atoms with Gasteiger partial charge in [-0.1, -0.05) is 6.07 Å². The Morgan fingerprint density at radius 2 is 1.88 bits per heavy atom. The molecular formula is C16H16N2O5S. The van der Waals surface area contributed by atoms with Gasteiger partial charge in [0.1, 0.15) is 6.04 Å². The fourth-order valence-electron chi connectivity index (χ4n) is 2.96. The molecule has 1 aromatic rings. The standard InChI is InChI=1S/C16H16N2O5S/c1-24(2,23)8-9-3-4-10-11(7-9)16(22)18(15(10)21)12-5-6-13(19)17-14(12)20/h3-4,7,12H,1,5-6,8H2,2H3,(H,17,19,20). The Balaban J connectivity index is 1.94. The number of amides is 4. The second-order valence-electron chi connectivity index (χ2n) is 6.16. The van der Waals surface area contributed by atoms with E-state index in [4.69, 9.17) is 0 Å². The molecule has 7 nitrogen and oxygen atoms in total. The molecule has 8 heteroatoms. The highest BCUT2D eigenvalue weighted by Gasteiger charge is 2.44. The minimum Gasteiger partial charge on any atom is -0.295 e. The number of imide groups is 2. The highest BCUT2D eigenvalue weighted by atomic mass is 32.2. The summed E-state index contributed by atoms with van der Waals surface area (Å²) in [6.45, 7) is 0. The van der Waals surface area contributed by atoms with Gasteiger partial charge in [-0.2, -0.15) is 0 Å². The van der Waals surface area contributed by atoms with Gasteiger partial charge in [0.25, 0.3) is 11.8 Å². The van der Waals surface area contributed by atoms with E-state index in [-0.39, 0.29) is 29.7 Å². The lowest BCUT2D eigenvalue weighted by Crippen LogP contribution is -2.54. The predicted molar refractivity (Wildman–Crippen MR) is 88.0 cm³/mol. The Morgan fingerprint density at radius 3 is 2.50 bits per heavy atom. The molecule has 1 fully saturated rings. The Hall–Kier alpha value is -2.48. The van der Waals surface area contributed by atoms with Gasteiger partial charge >= 0.3 is 0 Å². The van der Waals surface area contributed by atoms with Crippen molar-refractivity contribution in [3.8, 4) is 0 Å². The van der Waals surface area contributed by atoms with Gasteiger partial charge in [-0.25, -0.2) is 0 Å². The molecular weight excluding hydrogens is 332 g/mol. The fraction of sp³-hybridized carbons (Fsp3) is 0.312. The van der Waals surface area contributed by atoms with Crippen molar-refractivity contribution in [1.82, 2.24) is 10.2 Å². The molecule has 1 aromatic carbocycles. The van der Waals surface area contributed by atoms with E-state index < -0.39 is 39.2 Å². The zero-order valence-electron chi connectivity index (χ0n) is 13.0. The maximum absolute atomic E-state index is 12.6. The molecule has 0 aromatic heterocycles. The number of nitrogens with zero attached hydrogens (tertiary/aromatic N) is 1. The van der Waals surface area contributed by atoms with E-state index in [0.29, 0.717) is 5.56 Å². The van der Waals surface area contributed by atoms with Gasteiger partial charge in [-0.15, -0.1) is 0 Å². The number of carbonyl (C=O) groups excluding carboxylic acids is 4. The van der Waals surface area contributed by atoms with Crippen molar-refractivity contribution in [3.63, 3.8) is 0 Å². The highest BCUT2D eigenvalue weighted by molar-refractivity contribution is 7.98. The molecule has 0 radical (unpaired) electrons. The number of carbonyl (C=O) groups is 4. The zero-order valence-corrected chi connectivity index (χ0v) is 13.9. The quantitative estimate of drug-likeness (QED) is 0.609. The average molecular weight is 348 g/mol. The molecule has 2 aliphatic heterocycles. The van der Waals surface area contributed by atoms with E-state index in [1.807, 2.05) is 0 Å². The summed E-state index contributed by atoms with van der Waals surface area (Å²) >= 11 is 0. The topological polar surface area (TPSA) is 101 Å². The van der Waals surface area contributed by atoms with Crippen molar-refractivity contribution in [3.05, 3.63) is 34.9 Å². The van der Waals surface area contributed by atoms with Crippen LogP contribution in [0.5, 0.6) is 0 Å². The van der Waals surface area contributed by atoms with E-state index in [1.54, 1.807) is 6.07 Å². The maximum atomic E-state index is 12.6. The summed E-state index contributed by atoms with van der Waals surface area (Å²) in [5, 5.41) is 2.15. The summed E-state index contributed by atoms with van der Waals surface area (Å²) in [5.41, 5.74) is 1.04. The first-order chi connectivity index (χ1) is 11.2. The van der Waals surface area contributed by atoms with Crippen molar-refractivity contribution in [1.29, 1.82) is 0 Å². The molecule has 0 spiro atoms. The minimum absolute atomic E-state index is 0.0778. The fourth-order valence-corrected chi connectivity index (χ4v) is 3.85. The first-order valence-corrected chi connectivity index (χ1v) is 9.62. The molecule has 3 rings (SSSR count). The van der Waals surface area contributed by atoms with E-state index >= 15 is 0 Å². The normalized spacial score (nSPS) is 23.0. The summed E-state index contributed by atoms with van der Waals surface area (Å²) in [4.78, 5) is 49.2. The molecule has 126 valence electrons. The molecule has 2 heterocycles. The molecule has 24 heavy (non-hydrogen) atoms. The lowest BCUT2D eigenvalue weighted by molar-refractivity contribution is -0.136. The highest BCUT2D eigenvalue weighted by Crippen LogP contribution is 2.28. The second-order valence-corrected chi connectivity index (χ2v) is 8.81. The van der Waals surface area contributed by atoms with Crippen LogP contribution in [0.1, 0.15) is 39.1 Å². The summed E-state index contributed by atoms with van der Waals surface area (Å²) in [6, 6.07) is 3.67. The van der Waals surface area contributed by atoms with Crippen molar-refractivity contribution in [2.45, 2.75) is 24.6 Å². The Bertz CT molecular complexity index is 888. The summed E-state index contributed by atoms with van der Waals surface area (Å²) in [5.74, 6) is 1.59. The lowest BCUT2D eigenvalue weighted by atomic mass is 10.0. The monoisotopic (exact) mass is 348 g/mol. The van der Waals surface area contributed by atoms with E-state index in [0.717, 1.165) is 4.90 Å². The third-order valence-corrected chi connectivity index (χ3v) is 4.92. The number of nitrogens with one attached hydrogen (secondary N) is 1. The number of hydrogen-bond acceptors (Lipinski definition) is 5. The van der Waals surface area contributed by atoms with Crippen LogP contribution in [0.2, 0.25) is 0 Å². The van der Waals surface area contributed by atoms with Crippen LogP contribution < -0.4 is 5.32 Å². The van der Waals surface area contributed by atoms with Crippen molar-refractivity contribution in [2.24, 2.45) is 0 Å². The summed E-state index contributed by atoms with van der Waals surface area (Å²) in [7, 11) is -2.29. The third-order valence-electron chi connectivity index (χ3n) is 3.98. The molecule has 4 amide bonds. The lowest BCUT2D eigenvalue weighted by Gasteiger charge is -2.27. The molecule has 0 bridgehead atoms. The van der Waals surface area contributed by atoms with Crippen LogP contribution in [0, 0.1) is 0 Å². The minimum atomic E-state index is -2.29. The number of piperidine rings is 1. The van der Waals surface area contributed by atoms with Crippen LogP contribution >= 0.6 is 0 Å². The molecule has 1 N–H and O–H groups in total. The Labute approximate surface area is 139 Å². The molecule has 0 aliphatic carbocycles. The average Bonchev–Trinajstić information content (AvgIpc) is 2.70. The second kappa shape index (κ2) is 5.55. The SMILES string of the molecule is C=S(C)(=O)Cc1ccc2c(c1)C(=O)N(C1CCC(=O)NC1=O)C2=O. The molecule has 2 aliphatic rings. The maximum Gasteiger partial charge on any atom is 0.262 e. The van der Waals surface area contributed by atoms with Gasteiger partial charge in [-0.05, 0) is 39.5 Å². The van der Waals surface area contributed by atoms with E-state index in [2.05, 4.69) is 11.2 Å². The van der Waals surface area contributed by atoms with Gasteiger partial charge in [0.05, 0.1) is 11.1 Å². The molecule has 2 unspecified atom stereocenters. The van der Waals surface area contributed by atoms with Crippen LogP contribution in [0.4, 0.5) is 0 Å². The van der Waals surface area contributed by atoms with E-state index in [1.165, 1.54) is 18.4 Å². The van der Waals surface area contributed by atoms with Crippen LogP contribution in [0.15, 0.2) is 18.2 Å². The third kappa shape index (κ3) is 2.84. The van der Waals surface area contributed by atoms with Gasteiger partial charge in [-0.3, -0.25) is 33.6 Å². The smallest absolute Gasteiger partial charge is 0.262 e. The molecule has 0 saturated carbocycles. The van der Waals surface area contributed by atoms with Gasteiger partial charge in [0, 0.05) is 18.4 Å². The van der Waals surface area contributed by atoms with Crippen LogP contribution in [-0.2, 0) is 24.9 Å². The number of fused-ring (bicyclic) bond motifs is 1. The molecule has 1 saturated heterocycles. The first-order valence-electron chi connectivity index (χ1n) is 7.32. The van der Waals surface area contributed by atoms with E-state index in [9.17, 15) is 23.4 Å². The van der Waals surface area contributed by atoms with Crippen molar-refractivity contribution < 1.29 is 23.4 Å². The first kappa shape index (κ1) is 16.4. The summed E-state index contributed by atoms with van der Waals surface area (Å²) < 4.78 is 11.8. The Kier molecular flexibility index (Phi) is 3.79. The number of benzene rings is 1. The van der Waals surface area contributed by atoms with Gasteiger partial charge < -0.3 is 0 Å². The molecule has 2 atom stereocenters. The van der Waals surface area contributed by atoms with Crippen LogP contribution in [0.3, 0.4) is 0 Å². The Morgan fingerprint density at radius 1 is 1.21 bits per heavy atom. The number of rotatable bonds is 3. The van der Waals surface area contributed by atoms with Crippen molar-refractivity contribution in [2.75, 3.05) is 6.26 Å². The van der Waals surface area contributed by atoms with Crippen molar-refractivity contribution >= 4 is 39.0 Å². The summed E-state index contributed by atoms with van der Waals surface area (Å²) in [6.07, 6.45) is 1.71. The van der Waals surface area contributed by atoms with Gasteiger partial charge in [0.15, 0.2) is 0 Å².